The fourth-order valence-corrected chi connectivity index (χ4v) is 4.40. The maximum Gasteiger partial charge on any atom is 0.323 e. The maximum atomic E-state index is 13.4. The molecule has 2 saturated heterocycles. The first-order valence-electron chi connectivity index (χ1n) is 9.40. The van der Waals surface area contributed by atoms with Gasteiger partial charge in [-0.15, -0.1) is 0 Å². The van der Waals surface area contributed by atoms with Crippen molar-refractivity contribution in [1.29, 1.82) is 0 Å². The van der Waals surface area contributed by atoms with Crippen molar-refractivity contribution in [1.82, 2.24) is 9.80 Å². The number of amides is 1. The number of halogens is 2. The summed E-state index contributed by atoms with van der Waals surface area (Å²) in [4.78, 5) is 28.3. The molecule has 3 rings (SSSR count). The summed E-state index contributed by atoms with van der Waals surface area (Å²) >= 11 is 0. The topological polar surface area (TPSA) is 49.9 Å². The van der Waals surface area contributed by atoms with Crippen LogP contribution in [0.4, 0.5) is 8.78 Å². The van der Waals surface area contributed by atoms with Crippen LogP contribution < -0.4 is 0 Å². The number of nitrogens with zero attached hydrogens (tertiary/aromatic N) is 2. The Balaban J connectivity index is 1.63. The van der Waals surface area contributed by atoms with Gasteiger partial charge in [-0.1, -0.05) is 6.92 Å². The van der Waals surface area contributed by atoms with Crippen LogP contribution in [-0.4, -0.2) is 54.5 Å². The highest BCUT2D eigenvalue weighted by molar-refractivity contribution is 5.79. The van der Waals surface area contributed by atoms with Crippen LogP contribution in [0.1, 0.15) is 38.2 Å². The third kappa shape index (κ3) is 4.29. The van der Waals surface area contributed by atoms with E-state index in [0.717, 1.165) is 32.0 Å². The van der Waals surface area contributed by atoms with Crippen LogP contribution in [0.15, 0.2) is 18.2 Å². The lowest BCUT2D eigenvalue weighted by atomic mass is 9.77. The summed E-state index contributed by atoms with van der Waals surface area (Å²) < 4.78 is 31.7. The smallest absolute Gasteiger partial charge is 0.323 e. The molecule has 0 aliphatic carbocycles. The lowest BCUT2D eigenvalue weighted by molar-refractivity contribution is -0.148. The van der Waals surface area contributed by atoms with E-state index in [-0.39, 0.29) is 29.9 Å². The van der Waals surface area contributed by atoms with E-state index in [9.17, 15) is 18.4 Å². The quantitative estimate of drug-likeness (QED) is 0.737. The molecule has 148 valence electrons. The number of hydrogen-bond donors (Lipinski definition) is 0. The zero-order valence-corrected chi connectivity index (χ0v) is 15.8. The molecule has 0 unspecified atom stereocenters. The number of carbonyl (C=O) groups excluding carboxylic acids is 2. The SMILES string of the molecule is CC[C@@H](C(=O)OC)N1CCC2(CC1)CC(=O)N(Cc1cc(F)cc(F)c1)C2. The van der Waals surface area contributed by atoms with Crippen LogP contribution in [0.25, 0.3) is 0 Å². The van der Waals surface area contributed by atoms with E-state index in [0.29, 0.717) is 24.9 Å². The van der Waals surface area contributed by atoms with E-state index in [1.54, 1.807) is 4.90 Å². The Morgan fingerprint density at radius 1 is 1.22 bits per heavy atom. The molecule has 5 nitrogen and oxygen atoms in total. The molecule has 2 aliphatic rings. The highest BCUT2D eigenvalue weighted by Crippen LogP contribution is 2.42. The second kappa shape index (κ2) is 7.92. The van der Waals surface area contributed by atoms with Crippen LogP contribution in [0.2, 0.25) is 0 Å². The van der Waals surface area contributed by atoms with Crippen molar-refractivity contribution in [2.45, 2.75) is 45.2 Å². The number of hydrogen-bond acceptors (Lipinski definition) is 4. The highest BCUT2D eigenvalue weighted by Gasteiger charge is 2.46. The number of benzene rings is 1. The summed E-state index contributed by atoms with van der Waals surface area (Å²) in [6.07, 6.45) is 2.78. The van der Waals surface area contributed by atoms with E-state index in [1.807, 2.05) is 6.92 Å². The molecule has 1 spiro atoms. The Hall–Kier alpha value is -2.02. The predicted molar refractivity (Wildman–Crippen MR) is 95.7 cm³/mol. The molecular formula is C20H26F2N2O3. The number of esters is 1. The van der Waals surface area contributed by atoms with Crippen LogP contribution in [0.5, 0.6) is 0 Å². The molecule has 0 saturated carbocycles. The van der Waals surface area contributed by atoms with E-state index in [1.165, 1.54) is 19.2 Å². The minimum Gasteiger partial charge on any atom is -0.468 e. The number of carbonyl (C=O) groups is 2. The monoisotopic (exact) mass is 380 g/mol. The van der Waals surface area contributed by atoms with E-state index in [2.05, 4.69) is 4.90 Å². The van der Waals surface area contributed by atoms with E-state index in [4.69, 9.17) is 4.74 Å². The molecule has 1 aromatic carbocycles. The van der Waals surface area contributed by atoms with Crippen molar-refractivity contribution in [2.24, 2.45) is 5.41 Å². The molecule has 1 amide bonds. The first kappa shape index (κ1) is 19.7. The molecule has 0 bridgehead atoms. The summed E-state index contributed by atoms with van der Waals surface area (Å²) in [6.45, 7) is 4.25. The van der Waals surface area contributed by atoms with Gasteiger partial charge in [0.25, 0.3) is 0 Å². The zero-order valence-electron chi connectivity index (χ0n) is 15.8. The van der Waals surface area contributed by atoms with Gasteiger partial charge in [0.15, 0.2) is 0 Å². The molecule has 1 atom stereocenters. The number of ether oxygens (including phenoxy) is 1. The van der Waals surface area contributed by atoms with Gasteiger partial charge in [-0.25, -0.2) is 8.78 Å². The van der Waals surface area contributed by atoms with Crippen LogP contribution in [-0.2, 0) is 20.9 Å². The second-order valence-corrected chi connectivity index (χ2v) is 7.69. The van der Waals surface area contributed by atoms with E-state index >= 15 is 0 Å². The Bertz CT molecular complexity index is 697. The van der Waals surface area contributed by atoms with Crippen LogP contribution in [0, 0.1) is 17.0 Å². The molecule has 27 heavy (non-hydrogen) atoms. The number of likely N-dealkylation sites (tertiary alicyclic amines) is 2. The molecule has 0 N–H and O–H groups in total. The average molecular weight is 380 g/mol. The molecule has 2 heterocycles. The van der Waals surface area contributed by atoms with Crippen LogP contribution in [0.3, 0.4) is 0 Å². The Morgan fingerprint density at radius 3 is 2.41 bits per heavy atom. The van der Waals surface area contributed by atoms with Crippen molar-refractivity contribution in [3.05, 3.63) is 35.4 Å². The van der Waals surface area contributed by atoms with Crippen molar-refractivity contribution in [3.63, 3.8) is 0 Å². The lowest BCUT2D eigenvalue weighted by Gasteiger charge is -2.41. The predicted octanol–water partition coefficient (Wildman–Crippen LogP) is 2.73. The first-order chi connectivity index (χ1) is 12.9. The fourth-order valence-electron chi connectivity index (χ4n) is 4.40. The number of piperidine rings is 1. The van der Waals surface area contributed by atoms with Gasteiger partial charge in [-0.05, 0) is 55.5 Å². The Kier molecular flexibility index (Phi) is 5.79. The summed E-state index contributed by atoms with van der Waals surface area (Å²) in [5.74, 6) is -1.46. The van der Waals surface area contributed by atoms with Gasteiger partial charge in [0.2, 0.25) is 5.91 Å². The minimum atomic E-state index is -0.631. The van der Waals surface area contributed by atoms with Gasteiger partial charge in [0.1, 0.15) is 17.7 Å². The summed E-state index contributed by atoms with van der Waals surface area (Å²) in [5.41, 5.74) is 0.348. The van der Waals surface area contributed by atoms with Gasteiger partial charge in [-0.3, -0.25) is 14.5 Å². The van der Waals surface area contributed by atoms with Gasteiger partial charge in [0.05, 0.1) is 7.11 Å². The largest absolute Gasteiger partial charge is 0.468 e. The first-order valence-corrected chi connectivity index (χ1v) is 9.40. The van der Waals surface area contributed by atoms with E-state index < -0.39 is 11.6 Å². The summed E-state index contributed by atoms with van der Waals surface area (Å²) in [7, 11) is 1.40. The minimum absolute atomic E-state index is 0.0214. The summed E-state index contributed by atoms with van der Waals surface area (Å²) in [6, 6.07) is 3.13. The van der Waals surface area contributed by atoms with Gasteiger partial charge in [-0.2, -0.15) is 0 Å². The van der Waals surface area contributed by atoms with Crippen molar-refractivity contribution in [3.8, 4) is 0 Å². The third-order valence-electron chi connectivity index (χ3n) is 5.86. The number of rotatable bonds is 5. The molecule has 7 heteroatoms. The third-order valence-corrected chi connectivity index (χ3v) is 5.86. The summed E-state index contributed by atoms with van der Waals surface area (Å²) in [5, 5.41) is 0. The van der Waals surface area contributed by atoms with Gasteiger partial charge >= 0.3 is 5.97 Å². The maximum absolute atomic E-state index is 13.4. The molecule has 1 aromatic rings. The standard InChI is InChI=1S/C20H26F2N2O3/c1-3-17(19(26)27-2)23-6-4-20(5-7-23)11-18(25)24(13-20)12-14-8-15(21)10-16(22)9-14/h8-10,17H,3-7,11-13H2,1-2H3/t17-/m0/s1. The highest BCUT2D eigenvalue weighted by atomic mass is 19.1. The normalized spacial score (nSPS) is 20.9. The number of methoxy groups -OCH3 is 1. The molecule has 0 radical (unpaired) electrons. The fraction of sp³-hybridized carbons (Fsp3) is 0.600. The molecule has 0 aromatic heterocycles. The average Bonchev–Trinajstić information content (AvgIpc) is 2.91. The van der Waals surface area contributed by atoms with Crippen molar-refractivity contribution < 1.29 is 23.1 Å². The zero-order chi connectivity index (χ0) is 19.6. The lowest BCUT2D eigenvalue weighted by Crippen LogP contribution is -2.49. The molecular weight excluding hydrogens is 354 g/mol. The van der Waals surface area contributed by atoms with Gasteiger partial charge in [0, 0.05) is 25.6 Å². The molecule has 2 fully saturated rings. The second-order valence-electron chi connectivity index (χ2n) is 7.69. The Labute approximate surface area is 158 Å². The van der Waals surface area contributed by atoms with Crippen molar-refractivity contribution >= 4 is 11.9 Å². The van der Waals surface area contributed by atoms with Crippen LogP contribution >= 0.6 is 0 Å². The van der Waals surface area contributed by atoms with Crippen molar-refractivity contribution in [2.75, 3.05) is 26.7 Å². The molecule has 2 aliphatic heterocycles. The Morgan fingerprint density at radius 2 is 1.85 bits per heavy atom. The van der Waals surface area contributed by atoms with Gasteiger partial charge < -0.3 is 9.64 Å².